The summed E-state index contributed by atoms with van der Waals surface area (Å²) in [6, 6.07) is 0. The predicted molar refractivity (Wildman–Crippen MR) is 94.8 cm³/mol. The highest BCUT2D eigenvalue weighted by atomic mass is 16.5. The molecule has 0 saturated carbocycles. The van der Waals surface area contributed by atoms with Crippen molar-refractivity contribution in [3.8, 4) is 0 Å². The molecule has 0 spiro atoms. The van der Waals surface area contributed by atoms with E-state index in [-0.39, 0.29) is 0 Å². The van der Waals surface area contributed by atoms with E-state index in [4.69, 9.17) is 4.74 Å². The first-order valence-electron chi connectivity index (χ1n) is 8.84. The lowest BCUT2D eigenvalue weighted by molar-refractivity contribution is 0.157. The van der Waals surface area contributed by atoms with Crippen molar-refractivity contribution in [3.05, 3.63) is 0 Å². The molecule has 2 nitrogen and oxygen atoms in total. The minimum absolute atomic E-state index is 0.401. The highest BCUT2D eigenvalue weighted by Gasteiger charge is 2.18. The molecule has 0 fully saturated rings. The minimum Gasteiger partial charge on any atom is -0.385 e. The average molecular weight is 300 g/mol. The average Bonchev–Trinajstić information content (AvgIpc) is 2.31. The Balaban J connectivity index is 3.72. The van der Waals surface area contributed by atoms with E-state index in [0.717, 1.165) is 19.1 Å². The molecule has 0 bridgehead atoms. The Kier molecular flexibility index (Phi) is 10.6. The molecule has 0 heterocycles. The molecule has 0 aromatic rings. The van der Waals surface area contributed by atoms with Gasteiger partial charge in [-0.15, -0.1) is 0 Å². The number of hydrogen-bond acceptors (Lipinski definition) is 2. The van der Waals surface area contributed by atoms with Gasteiger partial charge in [0.25, 0.3) is 0 Å². The zero-order valence-electron chi connectivity index (χ0n) is 15.8. The first-order chi connectivity index (χ1) is 9.64. The van der Waals surface area contributed by atoms with Crippen molar-refractivity contribution < 1.29 is 4.74 Å². The predicted octanol–water partition coefficient (Wildman–Crippen LogP) is 5.27. The minimum atomic E-state index is 0.401. The van der Waals surface area contributed by atoms with Gasteiger partial charge in [-0.2, -0.15) is 0 Å². The van der Waals surface area contributed by atoms with Gasteiger partial charge < -0.3 is 10.1 Å². The highest BCUT2D eigenvalue weighted by molar-refractivity contribution is 4.70. The van der Waals surface area contributed by atoms with Crippen molar-refractivity contribution in [1.82, 2.24) is 5.32 Å². The standard InChI is InChI=1S/C19H41NO/c1-18(2,3)15-17(12-14-21-7)11-9-8-10-13-20-16-19(4,5)6/h17,20H,8-16H2,1-7H3/t17-/m1/s1. The third-order valence-corrected chi connectivity index (χ3v) is 3.75. The maximum Gasteiger partial charge on any atom is 0.0464 e. The summed E-state index contributed by atoms with van der Waals surface area (Å²) >= 11 is 0. The molecule has 128 valence electrons. The van der Waals surface area contributed by atoms with E-state index in [9.17, 15) is 0 Å². The lowest BCUT2D eigenvalue weighted by Gasteiger charge is -2.26. The van der Waals surface area contributed by atoms with E-state index in [1.165, 1.54) is 45.1 Å². The van der Waals surface area contributed by atoms with Crippen LogP contribution < -0.4 is 5.32 Å². The summed E-state index contributed by atoms with van der Waals surface area (Å²) in [6.07, 6.45) is 7.92. The molecular weight excluding hydrogens is 258 g/mol. The summed E-state index contributed by atoms with van der Waals surface area (Å²) in [7, 11) is 1.81. The van der Waals surface area contributed by atoms with Gasteiger partial charge in [-0.25, -0.2) is 0 Å². The molecule has 2 heteroatoms. The Morgan fingerprint density at radius 3 is 2.05 bits per heavy atom. The Hall–Kier alpha value is -0.0800. The van der Waals surface area contributed by atoms with Crippen LogP contribution in [0.5, 0.6) is 0 Å². The van der Waals surface area contributed by atoms with Gasteiger partial charge in [-0.1, -0.05) is 60.8 Å². The largest absolute Gasteiger partial charge is 0.385 e. The fraction of sp³-hybridized carbons (Fsp3) is 1.00. The number of rotatable bonds is 11. The van der Waals surface area contributed by atoms with Crippen LogP contribution in [0.4, 0.5) is 0 Å². The third kappa shape index (κ3) is 16.1. The van der Waals surface area contributed by atoms with Crippen LogP contribution in [0.15, 0.2) is 0 Å². The molecule has 0 aliphatic rings. The van der Waals surface area contributed by atoms with E-state index in [0.29, 0.717) is 10.8 Å². The molecule has 21 heavy (non-hydrogen) atoms. The van der Waals surface area contributed by atoms with Gasteiger partial charge in [0, 0.05) is 13.7 Å². The van der Waals surface area contributed by atoms with Crippen molar-refractivity contribution in [1.29, 1.82) is 0 Å². The zero-order chi connectivity index (χ0) is 16.4. The van der Waals surface area contributed by atoms with Crippen LogP contribution in [0.1, 0.15) is 80.1 Å². The first-order valence-corrected chi connectivity index (χ1v) is 8.84. The molecule has 0 aromatic heterocycles. The van der Waals surface area contributed by atoms with Gasteiger partial charge in [-0.3, -0.25) is 0 Å². The normalized spacial score (nSPS) is 14.4. The first kappa shape index (κ1) is 20.9. The van der Waals surface area contributed by atoms with Crippen molar-refractivity contribution in [2.45, 2.75) is 80.1 Å². The van der Waals surface area contributed by atoms with Crippen LogP contribution in [-0.4, -0.2) is 26.8 Å². The summed E-state index contributed by atoms with van der Waals surface area (Å²) in [5.74, 6) is 0.826. The topological polar surface area (TPSA) is 21.3 Å². The highest BCUT2D eigenvalue weighted by Crippen LogP contribution is 2.29. The van der Waals surface area contributed by atoms with Crippen molar-refractivity contribution in [2.75, 3.05) is 26.8 Å². The van der Waals surface area contributed by atoms with Gasteiger partial charge >= 0.3 is 0 Å². The Morgan fingerprint density at radius 2 is 1.52 bits per heavy atom. The summed E-state index contributed by atoms with van der Waals surface area (Å²) in [4.78, 5) is 0. The second-order valence-corrected chi connectivity index (χ2v) is 9.00. The van der Waals surface area contributed by atoms with Gasteiger partial charge in [0.15, 0.2) is 0 Å². The Bertz CT molecular complexity index is 237. The van der Waals surface area contributed by atoms with Gasteiger partial charge in [0.05, 0.1) is 0 Å². The molecule has 0 aliphatic heterocycles. The Labute approximate surface area is 134 Å². The summed E-state index contributed by atoms with van der Waals surface area (Å²) < 4.78 is 5.27. The van der Waals surface area contributed by atoms with Crippen molar-refractivity contribution in [2.24, 2.45) is 16.7 Å². The lowest BCUT2D eigenvalue weighted by atomic mass is 9.81. The molecule has 0 aromatic carbocycles. The molecule has 0 rings (SSSR count). The Morgan fingerprint density at radius 1 is 0.857 bits per heavy atom. The molecule has 0 aliphatic carbocycles. The monoisotopic (exact) mass is 299 g/mol. The van der Waals surface area contributed by atoms with Gasteiger partial charge in [0.1, 0.15) is 0 Å². The van der Waals surface area contributed by atoms with Crippen molar-refractivity contribution >= 4 is 0 Å². The second-order valence-electron chi connectivity index (χ2n) is 9.00. The quantitative estimate of drug-likeness (QED) is 0.525. The summed E-state index contributed by atoms with van der Waals surface area (Å²) in [5.41, 5.74) is 0.838. The zero-order valence-corrected chi connectivity index (χ0v) is 15.8. The molecule has 1 N–H and O–H groups in total. The van der Waals surface area contributed by atoms with Gasteiger partial charge in [-0.05, 0) is 49.1 Å². The molecule has 0 saturated heterocycles. The van der Waals surface area contributed by atoms with E-state index >= 15 is 0 Å². The maximum atomic E-state index is 5.27. The summed E-state index contributed by atoms with van der Waals surface area (Å²) in [6.45, 7) is 17.1. The second kappa shape index (κ2) is 10.6. The fourth-order valence-corrected chi connectivity index (χ4v) is 2.82. The molecule has 0 radical (unpaired) electrons. The van der Waals surface area contributed by atoms with Crippen LogP contribution in [-0.2, 0) is 4.74 Å². The van der Waals surface area contributed by atoms with E-state index in [1.807, 2.05) is 7.11 Å². The maximum absolute atomic E-state index is 5.27. The van der Waals surface area contributed by atoms with E-state index in [2.05, 4.69) is 46.9 Å². The SMILES string of the molecule is COCC[C@@H](CCCCCNCC(C)(C)C)CC(C)(C)C. The molecular formula is C19H41NO. The van der Waals surface area contributed by atoms with Crippen LogP contribution in [0.2, 0.25) is 0 Å². The van der Waals surface area contributed by atoms with Crippen LogP contribution in [0.3, 0.4) is 0 Å². The van der Waals surface area contributed by atoms with Gasteiger partial charge in [0.2, 0.25) is 0 Å². The number of nitrogens with one attached hydrogen (secondary N) is 1. The summed E-state index contributed by atoms with van der Waals surface area (Å²) in [5, 5.41) is 3.57. The third-order valence-electron chi connectivity index (χ3n) is 3.75. The number of unbranched alkanes of at least 4 members (excludes halogenated alkanes) is 2. The molecule has 0 amide bonds. The van der Waals surface area contributed by atoms with E-state index in [1.54, 1.807) is 0 Å². The van der Waals surface area contributed by atoms with Crippen molar-refractivity contribution in [3.63, 3.8) is 0 Å². The van der Waals surface area contributed by atoms with Crippen LogP contribution >= 0.6 is 0 Å². The fourth-order valence-electron chi connectivity index (χ4n) is 2.82. The number of ether oxygens (including phenoxy) is 1. The number of hydrogen-bond donors (Lipinski definition) is 1. The number of methoxy groups -OCH3 is 1. The lowest BCUT2D eigenvalue weighted by Crippen LogP contribution is -2.27. The smallest absolute Gasteiger partial charge is 0.0464 e. The molecule has 0 unspecified atom stereocenters. The van der Waals surface area contributed by atoms with E-state index < -0.39 is 0 Å². The molecule has 1 atom stereocenters. The van der Waals surface area contributed by atoms with Crippen LogP contribution in [0.25, 0.3) is 0 Å². The van der Waals surface area contributed by atoms with Crippen LogP contribution in [0, 0.1) is 16.7 Å².